The second-order valence-electron chi connectivity index (χ2n) is 5.73. The maximum absolute atomic E-state index is 11.8. The number of carbonyl (C=O) groups excluding carboxylic acids is 1. The van der Waals surface area contributed by atoms with Crippen molar-refractivity contribution in [2.75, 3.05) is 0 Å². The van der Waals surface area contributed by atoms with Crippen molar-refractivity contribution in [3.8, 4) is 11.5 Å². The number of amides is 1. The number of ether oxygens (including phenoxy) is 2. The Morgan fingerprint density at radius 3 is 2.08 bits per heavy atom. The Labute approximate surface area is 142 Å². The fraction of sp³-hybridized carbons (Fsp3) is 0.316. The lowest BCUT2D eigenvalue weighted by atomic mass is 10.2. The van der Waals surface area contributed by atoms with Crippen molar-refractivity contribution in [2.24, 2.45) is 0 Å². The largest absolute Gasteiger partial charge is 0.442 e. The summed E-state index contributed by atoms with van der Waals surface area (Å²) < 4.78 is 11.8. The number of carbonyl (C=O) groups is 1. The molecular weight excluding hydrogens is 304 g/mol. The molecule has 0 radical (unpaired) electrons. The molecule has 1 fully saturated rings. The first kappa shape index (κ1) is 16.3. The van der Waals surface area contributed by atoms with Crippen molar-refractivity contribution in [3.63, 3.8) is 0 Å². The number of hydrogen-bond donors (Lipinski definition) is 2. The normalized spacial score (nSPS) is 17.9. The summed E-state index contributed by atoms with van der Waals surface area (Å²) in [7, 11) is 0. The molecule has 1 amide bonds. The summed E-state index contributed by atoms with van der Waals surface area (Å²) in [6.07, 6.45) is 2.45. The SMILES string of the molecule is O=C1CCCCC(NC(Oc2ccccc2)Oc2ccccc2)N1. The Morgan fingerprint density at radius 1 is 0.917 bits per heavy atom. The van der Waals surface area contributed by atoms with Gasteiger partial charge in [-0.25, -0.2) is 5.32 Å². The van der Waals surface area contributed by atoms with Crippen LogP contribution in [0.3, 0.4) is 0 Å². The fourth-order valence-electron chi connectivity index (χ4n) is 2.60. The molecule has 3 rings (SSSR count). The van der Waals surface area contributed by atoms with Gasteiger partial charge in [0.2, 0.25) is 5.91 Å². The lowest BCUT2D eigenvalue weighted by molar-refractivity contribution is -0.122. The van der Waals surface area contributed by atoms with Crippen LogP contribution in [0.1, 0.15) is 25.7 Å². The van der Waals surface area contributed by atoms with Gasteiger partial charge in [0.1, 0.15) is 11.5 Å². The number of para-hydroxylation sites is 2. The molecule has 1 aliphatic heterocycles. The highest BCUT2D eigenvalue weighted by Crippen LogP contribution is 2.16. The van der Waals surface area contributed by atoms with E-state index in [2.05, 4.69) is 10.6 Å². The van der Waals surface area contributed by atoms with Gasteiger partial charge in [-0.15, -0.1) is 0 Å². The van der Waals surface area contributed by atoms with Crippen LogP contribution in [0, 0.1) is 0 Å². The molecule has 1 aliphatic rings. The first-order valence-electron chi connectivity index (χ1n) is 8.28. The minimum absolute atomic E-state index is 0.0585. The number of hydrogen-bond acceptors (Lipinski definition) is 4. The monoisotopic (exact) mass is 326 g/mol. The summed E-state index contributed by atoms with van der Waals surface area (Å²) in [5.74, 6) is 1.46. The maximum Gasteiger partial charge on any atom is 0.303 e. The van der Waals surface area contributed by atoms with Gasteiger partial charge in [0, 0.05) is 6.42 Å². The molecule has 5 nitrogen and oxygen atoms in total. The Balaban J connectivity index is 1.69. The third-order valence-corrected chi connectivity index (χ3v) is 3.79. The van der Waals surface area contributed by atoms with Gasteiger partial charge in [-0.2, -0.15) is 0 Å². The predicted octanol–water partition coefficient (Wildman–Crippen LogP) is 3.03. The van der Waals surface area contributed by atoms with Crippen molar-refractivity contribution in [1.29, 1.82) is 0 Å². The fourth-order valence-corrected chi connectivity index (χ4v) is 2.60. The topological polar surface area (TPSA) is 59.6 Å². The predicted molar refractivity (Wildman–Crippen MR) is 91.5 cm³/mol. The summed E-state index contributed by atoms with van der Waals surface area (Å²) in [4.78, 5) is 11.8. The molecule has 126 valence electrons. The lowest BCUT2D eigenvalue weighted by Gasteiger charge is -2.26. The van der Waals surface area contributed by atoms with Crippen LogP contribution in [0.2, 0.25) is 0 Å². The van der Waals surface area contributed by atoms with E-state index in [1.165, 1.54) is 0 Å². The van der Waals surface area contributed by atoms with Crippen LogP contribution >= 0.6 is 0 Å². The van der Waals surface area contributed by atoms with Crippen molar-refractivity contribution in [1.82, 2.24) is 10.6 Å². The molecule has 0 saturated carbocycles. The molecule has 2 aromatic rings. The number of rotatable bonds is 6. The molecule has 0 aliphatic carbocycles. The molecule has 0 spiro atoms. The highest BCUT2D eigenvalue weighted by Gasteiger charge is 2.22. The van der Waals surface area contributed by atoms with E-state index in [4.69, 9.17) is 9.47 Å². The highest BCUT2D eigenvalue weighted by atomic mass is 16.7. The lowest BCUT2D eigenvalue weighted by Crippen LogP contribution is -2.52. The van der Waals surface area contributed by atoms with Crippen molar-refractivity contribution in [3.05, 3.63) is 60.7 Å². The van der Waals surface area contributed by atoms with Gasteiger partial charge in [-0.3, -0.25) is 4.79 Å². The molecule has 0 aromatic heterocycles. The van der Waals surface area contributed by atoms with Crippen molar-refractivity contribution < 1.29 is 14.3 Å². The van der Waals surface area contributed by atoms with Crippen LogP contribution in [0.15, 0.2) is 60.7 Å². The maximum atomic E-state index is 11.8. The van der Waals surface area contributed by atoms with Gasteiger partial charge in [0.25, 0.3) is 0 Å². The zero-order chi connectivity index (χ0) is 16.6. The van der Waals surface area contributed by atoms with Crippen LogP contribution in [0.4, 0.5) is 0 Å². The number of nitrogens with one attached hydrogen (secondary N) is 2. The minimum atomic E-state index is -0.696. The average molecular weight is 326 g/mol. The summed E-state index contributed by atoms with van der Waals surface area (Å²) >= 11 is 0. The van der Waals surface area contributed by atoms with Crippen molar-refractivity contribution >= 4 is 5.91 Å². The van der Waals surface area contributed by atoms with E-state index in [0.29, 0.717) is 17.9 Å². The first-order valence-corrected chi connectivity index (χ1v) is 8.28. The van der Waals surface area contributed by atoms with E-state index in [1.807, 2.05) is 60.7 Å². The van der Waals surface area contributed by atoms with E-state index < -0.39 is 6.41 Å². The van der Waals surface area contributed by atoms with Crippen LogP contribution in [0.25, 0.3) is 0 Å². The van der Waals surface area contributed by atoms with Gasteiger partial charge < -0.3 is 14.8 Å². The van der Waals surface area contributed by atoms with E-state index in [9.17, 15) is 4.79 Å². The summed E-state index contributed by atoms with van der Waals surface area (Å²) in [5.41, 5.74) is 0. The molecule has 5 heteroatoms. The molecule has 24 heavy (non-hydrogen) atoms. The highest BCUT2D eigenvalue weighted by molar-refractivity contribution is 5.76. The molecule has 2 N–H and O–H groups in total. The van der Waals surface area contributed by atoms with Crippen LogP contribution in [0.5, 0.6) is 11.5 Å². The quantitative estimate of drug-likeness (QED) is 0.801. The third kappa shape index (κ3) is 4.99. The van der Waals surface area contributed by atoms with Crippen LogP contribution in [-0.2, 0) is 4.79 Å². The van der Waals surface area contributed by atoms with E-state index in [-0.39, 0.29) is 12.1 Å². The van der Waals surface area contributed by atoms with Gasteiger partial charge >= 0.3 is 6.41 Å². The third-order valence-electron chi connectivity index (χ3n) is 3.79. The molecule has 1 unspecified atom stereocenters. The Hall–Kier alpha value is -2.53. The van der Waals surface area contributed by atoms with Crippen molar-refractivity contribution in [2.45, 2.75) is 38.3 Å². The van der Waals surface area contributed by atoms with Crippen LogP contribution < -0.4 is 20.1 Å². The Bertz CT molecular complexity index is 592. The summed E-state index contributed by atoms with van der Waals surface area (Å²) in [5, 5.41) is 6.22. The summed E-state index contributed by atoms with van der Waals surface area (Å²) in [6.45, 7) is 0. The zero-order valence-electron chi connectivity index (χ0n) is 13.5. The molecule has 1 atom stereocenters. The molecule has 2 aromatic carbocycles. The van der Waals surface area contributed by atoms with Gasteiger partial charge in [-0.1, -0.05) is 36.4 Å². The first-order chi connectivity index (χ1) is 11.8. The molecule has 1 heterocycles. The standard InChI is InChI=1S/C19H22N2O3/c22-18-14-8-7-13-17(20-18)21-19(23-15-9-3-1-4-10-15)24-16-11-5-2-6-12-16/h1-6,9-12,17,19,21H,7-8,13-14H2,(H,20,22). The second-order valence-corrected chi connectivity index (χ2v) is 5.73. The Morgan fingerprint density at radius 2 is 1.50 bits per heavy atom. The van der Waals surface area contributed by atoms with E-state index in [1.54, 1.807) is 0 Å². The smallest absolute Gasteiger partial charge is 0.303 e. The molecule has 1 saturated heterocycles. The average Bonchev–Trinajstić information content (AvgIpc) is 2.80. The van der Waals surface area contributed by atoms with Gasteiger partial charge in [0.05, 0.1) is 6.17 Å². The van der Waals surface area contributed by atoms with Gasteiger partial charge in [-0.05, 0) is 43.5 Å². The molecule has 0 bridgehead atoms. The minimum Gasteiger partial charge on any atom is -0.442 e. The number of benzene rings is 2. The van der Waals surface area contributed by atoms with E-state index >= 15 is 0 Å². The summed E-state index contributed by atoms with van der Waals surface area (Å²) in [6, 6.07) is 19.0. The zero-order valence-corrected chi connectivity index (χ0v) is 13.5. The molecular formula is C19H22N2O3. The van der Waals surface area contributed by atoms with E-state index in [0.717, 1.165) is 19.3 Å². The second kappa shape index (κ2) is 8.36. The van der Waals surface area contributed by atoms with Gasteiger partial charge in [0.15, 0.2) is 0 Å². The van der Waals surface area contributed by atoms with Crippen LogP contribution in [-0.4, -0.2) is 18.5 Å². The Kier molecular flexibility index (Phi) is 5.69.